The minimum Gasteiger partial charge on any atom is -0.465 e. The Balaban J connectivity index is 2.24. The Hall–Kier alpha value is -2.63. The van der Waals surface area contributed by atoms with E-state index in [1.54, 1.807) is 0 Å². The summed E-state index contributed by atoms with van der Waals surface area (Å²) in [6.07, 6.45) is -0.185. The number of halogens is 3. The molecule has 0 saturated heterocycles. The highest BCUT2D eigenvalue weighted by Gasteiger charge is 2.15. The molecule has 3 nitrogen and oxygen atoms in total. The maximum atomic E-state index is 13.5. The van der Waals surface area contributed by atoms with Gasteiger partial charge < -0.3 is 4.74 Å². The molecule has 0 unspecified atom stereocenters. The van der Waals surface area contributed by atoms with Crippen molar-refractivity contribution >= 4 is 11.8 Å². The molecule has 0 spiro atoms. The van der Waals surface area contributed by atoms with E-state index in [2.05, 4.69) is 4.74 Å². The number of hydrogen-bond donors (Lipinski definition) is 0. The highest BCUT2D eigenvalue weighted by atomic mass is 19.2. The molecule has 0 bridgehead atoms. The van der Waals surface area contributed by atoms with E-state index in [0.29, 0.717) is 5.56 Å². The van der Waals surface area contributed by atoms with Gasteiger partial charge in [-0.15, -0.1) is 0 Å². The van der Waals surface area contributed by atoms with E-state index >= 15 is 0 Å². The van der Waals surface area contributed by atoms with Crippen molar-refractivity contribution in [2.45, 2.75) is 6.42 Å². The van der Waals surface area contributed by atoms with Crippen LogP contribution in [0.1, 0.15) is 26.3 Å². The fraction of sp³-hybridized carbons (Fsp3) is 0.125. The Morgan fingerprint density at radius 1 is 0.955 bits per heavy atom. The molecule has 0 N–H and O–H groups in total. The third kappa shape index (κ3) is 3.33. The molecule has 0 fully saturated rings. The Morgan fingerprint density at radius 3 is 2.27 bits per heavy atom. The van der Waals surface area contributed by atoms with Crippen molar-refractivity contribution in [3.05, 3.63) is 70.5 Å². The molecule has 2 aromatic rings. The van der Waals surface area contributed by atoms with Gasteiger partial charge in [0.05, 0.1) is 12.7 Å². The lowest BCUT2D eigenvalue weighted by atomic mass is 10.0. The van der Waals surface area contributed by atoms with Crippen molar-refractivity contribution in [3.63, 3.8) is 0 Å². The second-order valence-electron chi connectivity index (χ2n) is 4.53. The first kappa shape index (κ1) is 15.8. The van der Waals surface area contributed by atoms with Crippen LogP contribution in [0.5, 0.6) is 0 Å². The summed E-state index contributed by atoms with van der Waals surface area (Å²) in [5, 5.41) is 0. The molecule has 0 aliphatic heterocycles. The molecule has 2 aromatic carbocycles. The van der Waals surface area contributed by atoms with Gasteiger partial charge in [-0.2, -0.15) is 0 Å². The average molecular weight is 308 g/mol. The van der Waals surface area contributed by atoms with Crippen molar-refractivity contribution in [3.8, 4) is 0 Å². The van der Waals surface area contributed by atoms with E-state index in [1.165, 1.54) is 12.1 Å². The van der Waals surface area contributed by atoms with Crippen molar-refractivity contribution in [1.82, 2.24) is 0 Å². The van der Waals surface area contributed by atoms with Gasteiger partial charge in [0, 0.05) is 12.0 Å². The lowest BCUT2D eigenvalue weighted by Crippen LogP contribution is -2.08. The molecule has 0 aliphatic carbocycles. The van der Waals surface area contributed by atoms with Crippen molar-refractivity contribution in [2.75, 3.05) is 7.11 Å². The van der Waals surface area contributed by atoms with Crippen molar-refractivity contribution in [2.24, 2.45) is 0 Å². The summed E-state index contributed by atoms with van der Waals surface area (Å²) >= 11 is 0. The second-order valence-corrected chi connectivity index (χ2v) is 4.53. The van der Waals surface area contributed by atoms with Gasteiger partial charge in [0.1, 0.15) is 5.82 Å². The number of ketones is 1. The number of methoxy groups -OCH3 is 1. The van der Waals surface area contributed by atoms with Crippen LogP contribution in [-0.2, 0) is 11.2 Å². The Morgan fingerprint density at radius 2 is 1.64 bits per heavy atom. The van der Waals surface area contributed by atoms with Gasteiger partial charge in [-0.25, -0.2) is 18.0 Å². The lowest BCUT2D eigenvalue weighted by molar-refractivity contribution is 0.0595. The fourth-order valence-electron chi connectivity index (χ4n) is 1.91. The minimum absolute atomic E-state index is 0.0113. The summed E-state index contributed by atoms with van der Waals surface area (Å²) in [6, 6.07) is 6.37. The number of carbonyl (C=O) groups excluding carboxylic acids is 2. The highest BCUT2D eigenvalue weighted by Crippen LogP contribution is 2.15. The summed E-state index contributed by atoms with van der Waals surface area (Å²) in [5.41, 5.74) is 0.0532. The zero-order valence-corrected chi connectivity index (χ0v) is 11.5. The number of Topliss-reactive ketones (excluding diaryl/α,β-unsaturated/α-hetero) is 1. The lowest BCUT2D eigenvalue weighted by Gasteiger charge is -2.06. The smallest absolute Gasteiger partial charge is 0.340 e. The topological polar surface area (TPSA) is 43.4 Å². The summed E-state index contributed by atoms with van der Waals surface area (Å²) in [6.45, 7) is 0. The van der Waals surface area contributed by atoms with Gasteiger partial charge in [0.15, 0.2) is 17.4 Å². The molecule has 0 aliphatic rings. The molecule has 0 aromatic heterocycles. The van der Waals surface area contributed by atoms with Gasteiger partial charge in [-0.05, 0) is 35.9 Å². The Kier molecular flexibility index (Phi) is 4.60. The second kappa shape index (κ2) is 6.43. The van der Waals surface area contributed by atoms with E-state index < -0.39 is 29.2 Å². The minimum atomic E-state index is -1.12. The maximum Gasteiger partial charge on any atom is 0.340 e. The number of benzene rings is 2. The van der Waals surface area contributed by atoms with Crippen LogP contribution in [0, 0.1) is 17.5 Å². The quantitative estimate of drug-likeness (QED) is 0.643. The van der Waals surface area contributed by atoms with Crippen LogP contribution < -0.4 is 0 Å². The number of esters is 1. The Bertz CT molecular complexity index is 741. The van der Waals surface area contributed by atoms with Crippen molar-refractivity contribution < 1.29 is 27.5 Å². The van der Waals surface area contributed by atoms with Gasteiger partial charge in [0.25, 0.3) is 0 Å². The van der Waals surface area contributed by atoms with E-state index in [9.17, 15) is 22.8 Å². The van der Waals surface area contributed by atoms with Crippen LogP contribution in [0.15, 0.2) is 36.4 Å². The standard InChI is InChI=1S/C16H11F3O3/c1-22-16(21)11-6-9(2-4-12(11)17)7-15(20)10-3-5-13(18)14(19)8-10/h2-6,8H,7H2,1H3. The van der Waals surface area contributed by atoms with Crippen molar-refractivity contribution in [1.29, 1.82) is 0 Å². The van der Waals surface area contributed by atoms with Crippen LogP contribution in [-0.4, -0.2) is 18.9 Å². The summed E-state index contributed by atoms with van der Waals surface area (Å²) in [7, 11) is 1.11. The number of ether oxygens (including phenoxy) is 1. The molecule has 0 saturated carbocycles. The molecular formula is C16H11F3O3. The summed E-state index contributed by atoms with van der Waals surface area (Å²) < 4.78 is 43.9. The highest BCUT2D eigenvalue weighted by molar-refractivity contribution is 5.98. The van der Waals surface area contributed by atoms with Gasteiger partial charge >= 0.3 is 5.97 Å². The summed E-state index contributed by atoms with van der Waals surface area (Å²) in [5.74, 6) is -4.29. The fourth-order valence-corrected chi connectivity index (χ4v) is 1.91. The first-order valence-corrected chi connectivity index (χ1v) is 6.27. The maximum absolute atomic E-state index is 13.5. The molecule has 0 atom stereocenters. The van der Waals surface area contributed by atoms with Crippen LogP contribution >= 0.6 is 0 Å². The zero-order chi connectivity index (χ0) is 16.3. The summed E-state index contributed by atoms with van der Waals surface area (Å²) in [4.78, 5) is 23.4. The number of carbonyl (C=O) groups is 2. The van der Waals surface area contributed by atoms with E-state index in [1.807, 2.05) is 0 Å². The third-order valence-electron chi connectivity index (χ3n) is 3.04. The molecule has 22 heavy (non-hydrogen) atoms. The van der Waals surface area contributed by atoms with Crippen LogP contribution in [0.25, 0.3) is 0 Å². The predicted molar refractivity (Wildman–Crippen MR) is 72.1 cm³/mol. The van der Waals surface area contributed by atoms with E-state index in [4.69, 9.17) is 0 Å². The van der Waals surface area contributed by atoms with Gasteiger partial charge in [-0.1, -0.05) is 6.07 Å². The Labute approximate surface area is 124 Å². The molecule has 0 heterocycles. The normalized spacial score (nSPS) is 10.4. The number of rotatable bonds is 4. The predicted octanol–water partition coefficient (Wildman–Crippen LogP) is 3.32. The molecule has 6 heteroatoms. The van der Waals surface area contributed by atoms with Crippen LogP contribution in [0.2, 0.25) is 0 Å². The monoisotopic (exact) mass is 308 g/mol. The van der Waals surface area contributed by atoms with Gasteiger partial charge in [-0.3, -0.25) is 4.79 Å². The SMILES string of the molecule is COC(=O)c1cc(CC(=O)c2ccc(F)c(F)c2)ccc1F. The number of hydrogen-bond acceptors (Lipinski definition) is 3. The molecule has 0 amide bonds. The van der Waals surface area contributed by atoms with Gasteiger partial charge in [0.2, 0.25) is 0 Å². The zero-order valence-electron chi connectivity index (χ0n) is 11.5. The molecule has 2 rings (SSSR count). The van der Waals surface area contributed by atoms with Crippen LogP contribution in [0.3, 0.4) is 0 Å². The van der Waals surface area contributed by atoms with Crippen LogP contribution in [0.4, 0.5) is 13.2 Å². The molecule has 0 radical (unpaired) electrons. The van der Waals surface area contributed by atoms with E-state index in [-0.39, 0.29) is 17.5 Å². The largest absolute Gasteiger partial charge is 0.465 e. The molecule has 114 valence electrons. The third-order valence-corrected chi connectivity index (χ3v) is 3.04. The average Bonchev–Trinajstić information content (AvgIpc) is 2.51. The van der Waals surface area contributed by atoms with E-state index in [0.717, 1.165) is 31.4 Å². The first-order chi connectivity index (χ1) is 10.4. The first-order valence-electron chi connectivity index (χ1n) is 6.27. The molecular weight excluding hydrogens is 297 g/mol.